The molecular formula is C25H30ClF3N2O2. The first-order valence-electron chi connectivity index (χ1n) is 11.3. The highest BCUT2D eigenvalue weighted by molar-refractivity contribution is 6.30. The van der Waals surface area contributed by atoms with E-state index >= 15 is 0 Å². The maximum Gasteiger partial charge on any atom is 0.416 e. The summed E-state index contributed by atoms with van der Waals surface area (Å²) in [6.07, 6.45) is -2.11. The van der Waals surface area contributed by atoms with Crippen LogP contribution in [0.3, 0.4) is 0 Å². The van der Waals surface area contributed by atoms with Crippen molar-refractivity contribution in [1.29, 1.82) is 0 Å². The number of nitrogens with zero attached hydrogens (tertiary/aromatic N) is 2. The van der Waals surface area contributed by atoms with Crippen LogP contribution in [0.25, 0.3) is 0 Å². The molecule has 1 aliphatic heterocycles. The molecule has 0 saturated carbocycles. The van der Waals surface area contributed by atoms with Gasteiger partial charge in [-0.05, 0) is 41.8 Å². The van der Waals surface area contributed by atoms with Gasteiger partial charge in [-0.15, -0.1) is 0 Å². The summed E-state index contributed by atoms with van der Waals surface area (Å²) in [5, 5.41) is 0.624. The van der Waals surface area contributed by atoms with Crippen LogP contribution < -0.4 is 0 Å². The molecule has 1 aliphatic rings. The normalized spacial score (nSPS) is 16.1. The van der Waals surface area contributed by atoms with Gasteiger partial charge in [0.15, 0.2) is 0 Å². The number of piperazine rings is 1. The van der Waals surface area contributed by atoms with Gasteiger partial charge in [0.1, 0.15) is 0 Å². The number of amides is 1. The molecule has 0 bridgehead atoms. The van der Waals surface area contributed by atoms with Crippen LogP contribution in [0.15, 0.2) is 48.5 Å². The van der Waals surface area contributed by atoms with E-state index in [1.807, 2.05) is 17.0 Å². The minimum atomic E-state index is -4.36. The molecule has 0 aromatic heterocycles. The van der Waals surface area contributed by atoms with Crippen LogP contribution >= 0.6 is 11.6 Å². The first-order chi connectivity index (χ1) is 15.8. The highest BCUT2D eigenvalue weighted by Crippen LogP contribution is 2.30. The summed E-state index contributed by atoms with van der Waals surface area (Å²) < 4.78 is 44.6. The molecule has 33 heavy (non-hydrogen) atoms. The fraction of sp³-hybridized carbons (Fsp3) is 0.480. The molecule has 0 aliphatic carbocycles. The average Bonchev–Trinajstić information content (AvgIpc) is 2.81. The molecule has 1 atom stereocenters. The molecular weight excluding hydrogens is 453 g/mol. The van der Waals surface area contributed by atoms with Gasteiger partial charge in [0, 0.05) is 44.2 Å². The van der Waals surface area contributed by atoms with Gasteiger partial charge in [-0.2, -0.15) is 13.2 Å². The number of carbonyl (C=O) groups excluding carboxylic acids is 1. The van der Waals surface area contributed by atoms with Crippen molar-refractivity contribution in [1.82, 2.24) is 9.80 Å². The van der Waals surface area contributed by atoms with Crippen LogP contribution in [0.2, 0.25) is 5.02 Å². The summed E-state index contributed by atoms with van der Waals surface area (Å²) in [5.41, 5.74) is 0.952. The van der Waals surface area contributed by atoms with Gasteiger partial charge in [0.25, 0.3) is 0 Å². The van der Waals surface area contributed by atoms with Crippen molar-refractivity contribution in [2.24, 2.45) is 0 Å². The van der Waals surface area contributed by atoms with Gasteiger partial charge in [-0.3, -0.25) is 9.69 Å². The summed E-state index contributed by atoms with van der Waals surface area (Å²) in [7, 11) is 0. The zero-order valence-electron chi connectivity index (χ0n) is 18.8. The molecule has 0 unspecified atom stereocenters. The van der Waals surface area contributed by atoms with Crippen LogP contribution in [0.4, 0.5) is 13.2 Å². The number of rotatable bonds is 9. The van der Waals surface area contributed by atoms with Crippen LogP contribution in [-0.4, -0.2) is 48.4 Å². The molecule has 3 rings (SSSR count). The Kier molecular flexibility index (Phi) is 9.18. The standard InChI is InChI=1S/C25H30ClF3N2O2/c1-2-3-4-24(32)31-15-13-30(14-16-31)17-23(20-7-11-22(26)12-8-20)33-18-19-5-9-21(10-6-19)25(27,28)29/h5-12,23H,2-4,13-18H2,1H3/t23-/m0/s1. The number of unbranched alkanes of at least 4 members (excludes halogenated alkanes) is 1. The van der Waals surface area contributed by atoms with Crippen LogP contribution in [-0.2, 0) is 22.3 Å². The quantitative estimate of drug-likeness (QED) is 0.442. The summed E-state index contributed by atoms with van der Waals surface area (Å²) in [6.45, 7) is 5.79. The van der Waals surface area contributed by atoms with Crippen molar-refractivity contribution in [2.45, 2.75) is 45.1 Å². The van der Waals surface area contributed by atoms with Gasteiger partial charge in [0.05, 0.1) is 18.3 Å². The SMILES string of the molecule is CCCCC(=O)N1CCN(C[C@H](OCc2ccc(C(F)(F)F)cc2)c2ccc(Cl)cc2)CC1. The average molecular weight is 483 g/mol. The van der Waals surface area contributed by atoms with Crippen molar-refractivity contribution in [3.8, 4) is 0 Å². The van der Waals surface area contributed by atoms with Crippen LogP contribution in [0.1, 0.15) is 49.0 Å². The molecule has 180 valence electrons. The fourth-order valence-corrected chi connectivity index (χ4v) is 3.94. The maximum absolute atomic E-state index is 12.8. The molecule has 1 fully saturated rings. The number of ether oxygens (including phenoxy) is 1. The smallest absolute Gasteiger partial charge is 0.368 e. The molecule has 1 heterocycles. The van der Waals surface area contributed by atoms with E-state index in [4.69, 9.17) is 16.3 Å². The molecule has 2 aromatic carbocycles. The number of alkyl halides is 3. The second-order valence-electron chi connectivity index (χ2n) is 8.33. The zero-order chi connectivity index (χ0) is 23.8. The Morgan fingerprint density at radius 1 is 1.03 bits per heavy atom. The Labute approximate surface area is 198 Å². The summed E-state index contributed by atoms with van der Waals surface area (Å²) >= 11 is 6.03. The van der Waals surface area contributed by atoms with E-state index in [0.29, 0.717) is 36.6 Å². The van der Waals surface area contributed by atoms with E-state index < -0.39 is 11.7 Å². The molecule has 1 amide bonds. The van der Waals surface area contributed by atoms with Crippen LogP contribution in [0.5, 0.6) is 0 Å². The number of halogens is 4. The Balaban J connectivity index is 1.61. The number of carbonyl (C=O) groups is 1. The van der Waals surface area contributed by atoms with Crippen LogP contribution in [0, 0.1) is 0 Å². The third-order valence-corrected chi connectivity index (χ3v) is 6.12. The largest absolute Gasteiger partial charge is 0.416 e. The Bertz CT molecular complexity index is 880. The lowest BCUT2D eigenvalue weighted by molar-refractivity contribution is -0.137. The molecule has 2 aromatic rings. The van der Waals surface area contributed by atoms with E-state index in [1.54, 1.807) is 12.1 Å². The Hall–Kier alpha value is -2.09. The predicted octanol–water partition coefficient (Wildman–Crippen LogP) is 5.95. The van der Waals surface area contributed by atoms with Gasteiger partial charge >= 0.3 is 6.18 Å². The Morgan fingerprint density at radius 3 is 2.24 bits per heavy atom. The topological polar surface area (TPSA) is 32.8 Å². The van der Waals surface area contributed by atoms with Gasteiger partial charge in [0.2, 0.25) is 5.91 Å². The second-order valence-corrected chi connectivity index (χ2v) is 8.77. The Morgan fingerprint density at radius 2 is 1.67 bits per heavy atom. The minimum absolute atomic E-state index is 0.195. The molecule has 0 spiro atoms. The molecule has 0 radical (unpaired) electrons. The van der Waals surface area contributed by atoms with Crippen molar-refractivity contribution < 1.29 is 22.7 Å². The van der Waals surface area contributed by atoms with Gasteiger partial charge in [-0.25, -0.2) is 0 Å². The molecule has 4 nitrogen and oxygen atoms in total. The summed E-state index contributed by atoms with van der Waals surface area (Å²) in [6, 6.07) is 12.5. The van der Waals surface area contributed by atoms with Gasteiger partial charge in [-0.1, -0.05) is 49.2 Å². The number of benzene rings is 2. The van der Waals surface area contributed by atoms with E-state index in [0.717, 1.165) is 43.6 Å². The monoisotopic (exact) mass is 482 g/mol. The first-order valence-corrected chi connectivity index (χ1v) is 11.7. The summed E-state index contributed by atoms with van der Waals surface area (Å²) in [5.74, 6) is 0.212. The second kappa shape index (κ2) is 11.9. The summed E-state index contributed by atoms with van der Waals surface area (Å²) in [4.78, 5) is 16.5. The molecule has 1 saturated heterocycles. The first kappa shape index (κ1) is 25.5. The highest BCUT2D eigenvalue weighted by Gasteiger charge is 2.30. The minimum Gasteiger partial charge on any atom is -0.368 e. The molecule has 0 N–H and O–H groups in total. The van der Waals surface area contributed by atoms with Crippen molar-refractivity contribution in [2.75, 3.05) is 32.7 Å². The van der Waals surface area contributed by atoms with Crippen molar-refractivity contribution in [3.05, 3.63) is 70.2 Å². The lowest BCUT2D eigenvalue weighted by Crippen LogP contribution is -2.49. The number of hydrogen-bond acceptors (Lipinski definition) is 3. The third kappa shape index (κ3) is 7.73. The van der Waals surface area contributed by atoms with E-state index in [1.165, 1.54) is 12.1 Å². The zero-order valence-corrected chi connectivity index (χ0v) is 19.5. The maximum atomic E-state index is 12.8. The molecule has 8 heteroatoms. The van der Waals surface area contributed by atoms with Crippen molar-refractivity contribution in [3.63, 3.8) is 0 Å². The van der Waals surface area contributed by atoms with E-state index in [-0.39, 0.29) is 18.6 Å². The third-order valence-electron chi connectivity index (χ3n) is 5.87. The predicted molar refractivity (Wildman–Crippen MR) is 123 cm³/mol. The lowest BCUT2D eigenvalue weighted by atomic mass is 10.1. The highest BCUT2D eigenvalue weighted by atomic mass is 35.5. The van der Waals surface area contributed by atoms with E-state index in [9.17, 15) is 18.0 Å². The lowest BCUT2D eigenvalue weighted by Gasteiger charge is -2.36. The fourth-order valence-electron chi connectivity index (χ4n) is 3.82. The van der Waals surface area contributed by atoms with Crippen molar-refractivity contribution >= 4 is 17.5 Å². The number of hydrogen-bond donors (Lipinski definition) is 0. The van der Waals surface area contributed by atoms with E-state index in [2.05, 4.69) is 11.8 Å². The van der Waals surface area contributed by atoms with Gasteiger partial charge < -0.3 is 9.64 Å².